The Kier molecular flexibility index (Phi) is 4.57. The number of halogens is 3. The van der Waals surface area contributed by atoms with E-state index in [1.165, 1.54) is 12.3 Å². The van der Waals surface area contributed by atoms with Crippen LogP contribution in [0.5, 0.6) is 5.75 Å². The van der Waals surface area contributed by atoms with Crippen molar-refractivity contribution in [3.05, 3.63) is 99.5 Å². The quantitative estimate of drug-likeness (QED) is 0.285. The molecule has 160 valence electrons. The Balaban J connectivity index is 2.07. The number of phenolic OH excluding ortho intramolecular Hbond substituents is 1. The van der Waals surface area contributed by atoms with Gasteiger partial charge in [0.15, 0.2) is 17.5 Å². The molecule has 0 bridgehead atoms. The van der Waals surface area contributed by atoms with Crippen molar-refractivity contribution in [3.8, 4) is 35.2 Å². The van der Waals surface area contributed by atoms with Crippen molar-refractivity contribution >= 4 is 16.7 Å². The molecule has 5 rings (SSSR count). The maximum atomic E-state index is 15.1. The first-order valence-corrected chi connectivity index (χ1v) is 9.80. The molecule has 1 N–H and O–H groups in total. The maximum absolute atomic E-state index is 15.1. The van der Waals surface area contributed by atoms with Gasteiger partial charge in [-0.15, -0.1) is 0 Å². The zero-order chi connectivity index (χ0) is 24.1. The number of aromatic nitrogens is 1. The lowest BCUT2D eigenvalue weighted by molar-refractivity contribution is 0.445. The Morgan fingerprint density at radius 1 is 0.882 bits per heavy atom. The molecule has 0 radical (unpaired) electrons. The molecule has 0 amide bonds. The van der Waals surface area contributed by atoms with E-state index >= 15 is 4.39 Å². The Morgan fingerprint density at radius 3 is 2.32 bits per heavy atom. The van der Waals surface area contributed by atoms with Gasteiger partial charge in [0.25, 0.3) is 0 Å². The minimum atomic E-state index is -1.76. The number of allylic oxidation sites excluding steroid dienone is 5. The number of nitrogens with zero attached hydrogens (tertiary/aromatic N) is 4. The van der Waals surface area contributed by atoms with Crippen LogP contribution in [0.2, 0.25) is 0 Å². The molecule has 0 saturated heterocycles. The number of rotatable bonds is 0. The molecule has 0 spiro atoms. The molecule has 0 atom stereocenters. The molecule has 2 aliphatic rings. The fourth-order valence-electron chi connectivity index (χ4n) is 4.53. The molecule has 5 nitrogen and oxygen atoms in total. The van der Waals surface area contributed by atoms with E-state index in [0.717, 1.165) is 12.1 Å². The number of aromatic hydroxyl groups is 1. The van der Waals surface area contributed by atoms with E-state index < -0.39 is 28.6 Å². The van der Waals surface area contributed by atoms with Gasteiger partial charge in [-0.3, -0.25) is 4.98 Å². The average molecular weight is 450 g/mol. The number of hydrogen-bond donors (Lipinski definition) is 1. The summed E-state index contributed by atoms with van der Waals surface area (Å²) in [7, 11) is 0. The summed E-state index contributed by atoms with van der Waals surface area (Å²) in [4.78, 5) is 4.34. The predicted octanol–water partition coefficient (Wildman–Crippen LogP) is 5.41. The second-order valence-electron chi connectivity index (χ2n) is 7.42. The van der Waals surface area contributed by atoms with E-state index in [9.17, 15) is 29.7 Å². The zero-order valence-electron chi connectivity index (χ0n) is 17.0. The summed E-state index contributed by atoms with van der Waals surface area (Å²) in [6.07, 6.45) is 2.53. The van der Waals surface area contributed by atoms with Gasteiger partial charge in [-0.1, -0.05) is 18.2 Å². The molecule has 0 aliphatic heterocycles. The second-order valence-corrected chi connectivity index (χ2v) is 7.42. The Hall–Kier alpha value is -5.13. The molecule has 0 fully saturated rings. The van der Waals surface area contributed by atoms with E-state index in [1.807, 2.05) is 6.07 Å². The highest BCUT2D eigenvalue weighted by atomic mass is 19.2. The van der Waals surface area contributed by atoms with Crippen LogP contribution in [0.25, 0.3) is 28.0 Å². The summed E-state index contributed by atoms with van der Waals surface area (Å²) in [5.74, 6) is -4.91. The third kappa shape index (κ3) is 2.62. The fourth-order valence-corrected chi connectivity index (χ4v) is 4.53. The standard InChI is InChI=1S/C26H9F3N4O/c27-17-9-16-13(6-7-30)22(19(12(10-31)11-32)23(16)25(29)24(17)28)20-14-3-1-5-18(34)21(14)26-15(20)4-2-8-33-26/h1-6,8-9,34H/b13-6+,22-20+. The molecule has 2 aliphatic carbocycles. The summed E-state index contributed by atoms with van der Waals surface area (Å²) >= 11 is 0. The van der Waals surface area contributed by atoms with Gasteiger partial charge in [0.1, 0.15) is 23.5 Å². The van der Waals surface area contributed by atoms with Gasteiger partial charge < -0.3 is 5.11 Å². The van der Waals surface area contributed by atoms with Crippen molar-refractivity contribution < 1.29 is 18.3 Å². The van der Waals surface area contributed by atoms with Crippen molar-refractivity contribution in [3.63, 3.8) is 0 Å². The van der Waals surface area contributed by atoms with Gasteiger partial charge in [-0.2, -0.15) is 15.8 Å². The lowest BCUT2D eigenvalue weighted by Crippen LogP contribution is -1.99. The highest BCUT2D eigenvalue weighted by molar-refractivity contribution is 6.20. The first-order valence-electron chi connectivity index (χ1n) is 9.80. The smallest absolute Gasteiger partial charge is 0.195 e. The third-order valence-corrected chi connectivity index (χ3v) is 5.78. The van der Waals surface area contributed by atoms with Gasteiger partial charge in [-0.05, 0) is 29.3 Å². The normalized spacial score (nSPS) is 16.4. The van der Waals surface area contributed by atoms with Crippen LogP contribution in [0.3, 0.4) is 0 Å². The van der Waals surface area contributed by atoms with Gasteiger partial charge in [-0.25, -0.2) is 13.2 Å². The lowest BCUT2D eigenvalue weighted by Gasteiger charge is -2.12. The molecular formula is C26H9F3N4O. The zero-order valence-corrected chi connectivity index (χ0v) is 17.0. The van der Waals surface area contributed by atoms with Crippen LogP contribution in [0.15, 0.2) is 59.8 Å². The van der Waals surface area contributed by atoms with Crippen LogP contribution in [0, 0.1) is 51.4 Å². The molecule has 2 aromatic carbocycles. The minimum Gasteiger partial charge on any atom is -0.507 e. The van der Waals surface area contributed by atoms with Crippen molar-refractivity contribution in [2.45, 2.75) is 0 Å². The van der Waals surface area contributed by atoms with E-state index in [2.05, 4.69) is 4.98 Å². The lowest BCUT2D eigenvalue weighted by atomic mass is 9.89. The molecule has 1 heterocycles. The van der Waals surface area contributed by atoms with E-state index in [1.54, 1.807) is 36.4 Å². The number of phenols is 1. The largest absolute Gasteiger partial charge is 0.507 e. The summed E-state index contributed by atoms with van der Waals surface area (Å²) in [6, 6.07) is 13.9. The monoisotopic (exact) mass is 450 g/mol. The molecule has 0 saturated carbocycles. The molecule has 8 heteroatoms. The first kappa shape index (κ1) is 20.8. The van der Waals surface area contributed by atoms with Crippen LogP contribution in [0.4, 0.5) is 13.2 Å². The maximum Gasteiger partial charge on any atom is 0.195 e. The summed E-state index contributed by atoms with van der Waals surface area (Å²) in [5.41, 5.74) is 0.606. The second kappa shape index (κ2) is 7.48. The fraction of sp³-hybridized carbons (Fsp3) is 0. The van der Waals surface area contributed by atoms with Gasteiger partial charge in [0.2, 0.25) is 0 Å². The first-order chi connectivity index (χ1) is 16.4. The SMILES string of the molecule is N#C/C=C1/C(=C2\c3cccnc3-c3c(O)cccc32)C(=C(C#N)C#N)c2c1cc(F)c(F)c2F. The van der Waals surface area contributed by atoms with Crippen LogP contribution >= 0.6 is 0 Å². The molecular weight excluding hydrogens is 441 g/mol. The van der Waals surface area contributed by atoms with Gasteiger partial charge in [0, 0.05) is 45.7 Å². The highest BCUT2D eigenvalue weighted by Gasteiger charge is 2.40. The molecule has 0 unspecified atom stereocenters. The van der Waals surface area contributed by atoms with E-state index in [0.29, 0.717) is 28.0 Å². The topological polar surface area (TPSA) is 104 Å². The summed E-state index contributed by atoms with van der Waals surface area (Å²) in [5, 5.41) is 39.3. The van der Waals surface area contributed by atoms with Crippen LogP contribution < -0.4 is 0 Å². The minimum absolute atomic E-state index is 0.00861. The van der Waals surface area contributed by atoms with Crippen molar-refractivity contribution in [2.75, 3.05) is 0 Å². The summed E-state index contributed by atoms with van der Waals surface area (Å²) < 4.78 is 43.7. The predicted molar refractivity (Wildman–Crippen MR) is 115 cm³/mol. The van der Waals surface area contributed by atoms with Crippen LogP contribution in [0.1, 0.15) is 22.3 Å². The number of benzene rings is 2. The molecule has 34 heavy (non-hydrogen) atoms. The van der Waals surface area contributed by atoms with Crippen LogP contribution in [-0.2, 0) is 0 Å². The Labute approximate surface area is 190 Å². The highest BCUT2D eigenvalue weighted by Crippen LogP contribution is 2.57. The van der Waals surface area contributed by atoms with Crippen LogP contribution in [-0.4, -0.2) is 10.1 Å². The Morgan fingerprint density at radius 2 is 1.62 bits per heavy atom. The number of nitriles is 3. The van der Waals surface area contributed by atoms with E-state index in [4.69, 9.17) is 0 Å². The number of pyridine rings is 1. The van der Waals surface area contributed by atoms with Crippen molar-refractivity contribution in [2.24, 2.45) is 0 Å². The number of hydrogen-bond acceptors (Lipinski definition) is 5. The Bertz CT molecular complexity index is 1660. The molecule has 3 aromatic rings. The summed E-state index contributed by atoms with van der Waals surface area (Å²) in [6.45, 7) is 0. The van der Waals surface area contributed by atoms with Crippen molar-refractivity contribution in [1.82, 2.24) is 4.98 Å². The average Bonchev–Trinajstić information content (AvgIpc) is 3.32. The van der Waals surface area contributed by atoms with Crippen molar-refractivity contribution in [1.29, 1.82) is 15.8 Å². The van der Waals surface area contributed by atoms with Gasteiger partial charge in [0.05, 0.1) is 17.3 Å². The molecule has 1 aromatic heterocycles. The number of fused-ring (bicyclic) bond motifs is 4. The van der Waals surface area contributed by atoms with Gasteiger partial charge >= 0.3 is 0 Å². The van der Waals surface area contributed by atoms with E-state index in [-0.39, 0.29) is 28.0 Å². The third-order valence-electron chi connectivity index (χ3n) is 5.78.